The van der Waals surface area contributed by atoms with Gasteiger partial charge in [0.15, 0.2) is 0 Å². The molecule has 1 aliphatic heterocycles. The maximum Gasteiger partial charge on any atom is 0.220 e. The van der Waals surface area contributed by atoms with E-state index in [0.29, 0.717) is 18.3 Å². The average molecular weight is 213 g/mol. The van der Waals surface area contributed by atoms with Gasteiger partial charge in [0.25, 0.3) is 0 Å². The largest absolute Gasteiger partial charge is 0.381 e. The molecule has 88 valence electrons. The minimum atomic E-state index is 0.204. The van der Waals surface area contributed by atoms with Crippen molar-refractivity contribution in [2.75, 3.05) is 19.8 Å². The molecule has 0 bridgehead atoms. The van der Waals surface area contributed by atoms with Crippen LogP contribution in [-0.2, 0) is 9.53 Å². The molecule has 1 N–H and O–H groups in total. The summed E-state index contributed by atoms with van der Waals surface area (Å²) in [6, 6.07) is 0. The van der Waals surface area contributed by atoms with Gasteiger partial charge in [-0.25, -0.2) is 0 Å². The summed E-state index contributed by atoms with van der Waals surface area (Å²) in [5.41, 5.74) is 0. The van der Waals surface area contributed by atoms with Gasteiger partial charge < -0.3 is 10.1 Å². The lowest BCUT2D eigenvalue weighted by molar-refractivity contribution is -0.121. The molecular weight excluding hydrogens is 190 g/mol. The van der Waals surface area contributed by atoms with Gasteiger partial charge in [-0.1, -0.05) is 13.8 Å². The van der Waals surface area contributed by atoms with E-state index in [4.69, 9.17) is 4.74 Å². The van der Waals surface area contributed by atoms with Crippen molar-refractivity contribution in [3.8, 4) is 0 Å². The SMILES string of the molecule is CC(C)CNC(=O)CCC1CCOCC1. The number of hydrogen-bond acceptors (Lipinski definition) is 2. The van der Waals surface area contributed by atoms with E-state index >= 15 is 0 Å². The highest BCUT2D eigenvalue weighted by Gasteiger charge is 2.14. The van der Waals surface area contributed by atoms with Crippen molar-refractivity contribution in [2.45, 2.75) is 39.5 Å². The Labute approximate surface area is 92.6 Å². The highest BCUT2D eigenvalue weighted by molar-refractivity contribution is 5.75. The molecule has 0 unspecified atom stereocenters. The molecule has 0 atom stereocenters. The van der Waals surface area contributed by atoms with Gasteiger partial charge in [0.1, 0.15) is 0 Å². The van der Waals surface area contributed by atoms with E-state index in [1.807, 2.05) is 0 Å². The molecule has 0 aromatic heterocycles. The third-order valence-corrected chi connectivity index (χ3v) is 2.83. The van der Waals surface area contributed by atoms with Crippen molar-refractivity contribution in [1.29, 1.82) is 0 Å². The molecular formula is C12H23NO2. The summed E-state index contributed by atoms with van der Waals surface area (Å²) in [4.78, 5) is 11.4. The maximum absolute atomic E-state index is 11.4. The van der Waals surface area contributed by atoms with E-state index in [1.54, 1.807) is 0 Å². The second-order valence-electron chi connectivity index (χ2n) is 4.79. The highest BCUT2D eigenvalue weighted by atomic mass is 16.5. The first-order valence-corrected chi connectivity index (χ1v) is 6.03. The number of carbonyl (C=O) groups excluding carboxylic acids is 1. The standard InChI is InChI=1S/C12H23NO2/c1-10(2)9-13-12(14)4-3-11-5-7-15-8-6-11/h10-11H,3-9H2,1-2H3,(H,13,14). The van der Waals surface area contributed by atoms with Crippen LogP contribution in [0.1, 0.15) is 39.5 Å². The molecule has 3 heteroatoms. The highest BCUT2D eigenvalue weighted by Crippen LogP contribution is 2.19. The number of hydrogen-bond donors (Lipinski definition) is 1. The molecule has 15 heavy (non-hydrogen) atoms. The van der Waals surface area contributed by atoms with Gasteiger partial charge in [-0.3, -0.25) is 4.79 Å². The fourth-order valence-electron chi connectivity index (χ4n) is 1.78. The Kier molecular flexibility index (Phi) is 5.69. The van der Waals surface area contributed by atoms with Crippen molar-refractivity contribution >= 4 is 5.91 Å². The monoisotopic (exact) mass is 213 g/mol. The number of rotatable bonds is 5. The summed E-state index contributed by atoms with van der Waals surface area (Å²) in [5, 5.41) is 2.95. The maximum atomic E-state index is 11.4. The first-order valence-electron chi connectivity index (χ1n) is 6.03. The Morgan fingerprint density at radius 2 is 2.07 bits per heavy atom. The Morgan fingerprint density at radius 3 is 2.67 bits per heavy atom. The molecule has 0 aromatic carbocycles. The lowest BCUT2D eigenvalue weighted by atomic mass is 9.95. The Morgan fingerprint density at radius 1 is 1.40 bits per heavy atom. The van der Waals surface area contributed by atoms with E-state index in [-0.39, 0.29) is 5.91 Å². The lowest BCUT2D eigenvalue weighted by Gasteiger charge is -2.21. The zero-order valence-electron chi connectivity index (χ0n) is 9.92. The van der Waals surface area contributed by atoms with Gasteiger partial charge in [-0.05, 0) is 31.1 Å². The van der Waals surface area contributed by atoms with Crippen LogP contribution >= 0.6 is 0 Å². The number of carbonyl (C=O) groups is 1. The molecule has 1 fully saturated rings. The van der Waals surface area contributed by atoms with Gasteiger partial charge in [-0.2, -0.15) is 0 Å². The summed E-state index contributed by atoms with van der Waals surface area (Å²) in [6.45, 7) is 6.76. The number of amides is 1. The summed E-state index contributed by atoms with van der Waals surface area (Å²) < 4.78 is 5.28. The summed E-state index contributed by atoms with van der Waals surface area (Å²) in [7, 11) is 0. The third-order valence-electron chi connectivity index (χ3n) is 2.83. The Hall–Kier alpha value is -0.570. The van der Waals surface area contributed by atoms with Gasteiger partial charge in [0, 0.05) is 26.2 Å². The van der Waals surface area contributed by atoms with Crippen LogP contribution in [0.2, 0.25) is 0 Å². The zero-order chi connectivity index (χ0) is 11.1. The minimum Gasteiger partial charge on any atom is -0.381 e. The first-order chi connectivity index (χ1) is 7.18. The minimum absolute atomic E-state index is 0.204. The van der Waals surface area contributed by atoms with Crippen molar-refractivity contribution in [2.24, 2.45) is 11.8 Å². The predicted octanol–water partition coefficient (Wildman–Crippen LogP) is 1.97. The van der Waals surface area contributed by atoms with Crippen molar-refractivity contribution in [1.82, 2.24) is 5.32 Å². The van der Waals surface area contributed by atoms with E-state index in [1.165, 1.54) is 0 Å². The summed E-state index contributed by atoms with van der Waals surface area (Å²) in [6.07, 6.45) is 3.94. The van der Waals surface area contributed by atoms with Gasteiger partial charge >= 0.3 is 0 Å². The van der Waals surface area contributed by atoms with Crippen LogP contribution in [0.15, 0.2) is 0 Å². The molecule has 1 amide bonds. The van der Waals surface area contributed by atoms with Crippen LogP contribution in [0, 0.1) is 11.8 Å². The van der Waals surface area contributed by atoms with Crippen LogP contribution in [-0.4, -0.2) is 25.7 Å². The first kappa shape index (κ1) is 12.5. The van der Waals surface area contributed by atoms with Gasteiger partial charge in [0.05, 0.1) is 0 Å². The molecule has 1 saturated heterocycles. The Bertz CT molecular complexity index is 186. The van der Waals surface area contributed by atoms with Crippen molar-refractivity contribution in [3.05, 3.63) is 0 Å². The normalized spacial score (nSPS) is 18.1. The summed E-state index contributed by atoms with van der Waals surface area (Å²) in [5.74, 6) is 1.44. The Balaban J connectivity index is 2.05. The second-order valence-corrected chi connectivity index (χ2v) is 4.79. The fourth-order valence-corrected chi connectivity index (χ4v) is 1.78. The fraction of sp³-hybridized carbons (Fsp3) is 0.917. The van der Waals surface area contributed by atoms with Crippen LogP contribution < -0.4 is 5.32 Å². The predicted molar refractivity (Wildman–Crippen MR) is 60.6 cm³/mol. The molecule has 0 aliphatic carbocycles. The third kappa shape index (κ3) is 5.78. The second kappa shape index (κ2) is 6.83. The topological polar surface area (TPSA) is 38.3 Å². The van der Waals surface area contributed by atoms with E-state index in [2.05, 4.69) is 19.2 Å². The molecule has 0 aromatic rings. The van der Waals surface area contributed by atoms with Gasteiger partial charge in [0.2, 0.25) is 5.91 Å². The van der Waals surface area contributed by atoms with E-state index in [9.17, 15) is 4.79 Å². The molecule has 1 heterocycles. The molecule has 0 radical (unpaired) electrons. The molecule has 1 rings (SSSR count). The van der Waals surface area contributed by atoms with Crippen LogP contribution in [0.25, 0.3) is 0 Å². The van der Waals surface area contributed by atoms with E-state index in [0.717, 1.165) is 39.0 Å². The molecule has 3 nitrogen and oxygen atoms in total. The number of ether oxygens (including phenoxy) is 1. The van der Waals surface area contributed by atoms with Crippen molar-refractivity contribution < 1.29 is 9.53 Å². The van der Waals surface area contributed by atoms with Crippen molar-refractivity contribution in [3.63, 3.8) is 0 Å². The van der Waals surface area contributed by atoms with Gasteiger partial charge in [-0.15, -0.1) is 0 Å². The number of nitrogens with one attached hydrogen (secondary N) is 1. The summed E-state index contributed by atoms with van der Waals surface area (Å²) >= 11 is 0. The quantitative estimate of drug-likeness (QED) is 0.758. The molecule has 1 aliphatic rings. The van der Waals surface area contributed by atoms with Crippen LogP contribution in [0.3, 0.4) is 0 Å². The molecule has 0 spiro atoms. The molecule has 0 saturated carbocycles. The zero-order valence-corrected chi connectivity index (χ0v) is 9.92. The average Bonchev–Trinajstić information content (AvgIpc) is 2.25. The smallest absolute Gasteiger partial charge is 0.220 e. The van der Waals surface area contributed by atoms with Crippen LogP contribution in [0.5, 0.6) is 0 Å². The van der Waals surface area contributed by atoms with E-state index < -0.39 is 0 Å². The lowest BCUT2D eigenvalue weighted by Crippen LogP contribution is -2.28. The van der Waals surface area contributed by atoms with Crippen LogP contribution in [0.4, 0.5) is 0 Å².